The third kappa shape index (κ3) is 4.99. The molecule has 0 atom stereocenters. The molecule has 2 rings (SSSR count). The maximum atomic E-state index is 12.3. The molecule has 2 aromatic rings. The molecule has 0 unspecified atom stereocenters. The summed E-state index contributed by atoms with van der Waals surface area (Å²) in [6.07, 6.45) is 0. The van der Waals surface area contributed by atoms with E-state index in [4.69, 9.17) is 11.6 Å². The molecule has 1 aromatic heterocycles. The van der Waals surface area contributed by atoms with E-state index >= 15 is 0 Å². The molecule has 0 aliphatic carbocycles. The summed E-state index contributed by atoms with van der Waals surface area (Å²) in [5, 5.41) is 0.486. The van der Waals surface area contributed by atoms with Crippen molar-refractivity contribution in [2.75, 3.05) is 0 Å². The highest BCUT2D eigenvalue weighted by Crippen LogP contribution is 2.39. The van der Waals surface area contributed by atoms with Gasteiger partial charge in [0.05, 0.1) is 9.23 Å². The lowest BCUT2D eigenvalue weighted by Gasteiger charge is -2.19. The Balaban J connectivity index is 2.14. The smallest absolute Gasteiger partial charge is 0.206 e. The van der Waals surface area contributed by atoms with Gasteiger partial charge in [0.1, 0.15) is 4.21 Å². The van der Waals surface area contributed by atoms with Crippen LogP contribution in [-0.4, -0.2) is 14.0 Å². The Morgan fingerprint density at radius 1 is 1.23 bits per heavy atom. The van der Waals surface area contributed by atoms with Crippen LogP contribution in [0.25, 0.3) is 0 Å². The zero-order valence-electron chi connectivity index (χ0n) is 12.6. The van der Waals surface area contributed by atoms with E-state index in [0.29, 0.717) is 5.02 Å². The average Bonchev–Trinajstić information content (AvgIpc) is 2.77. The number of sulfonamides is 1. The van der Waals surface area contributed by atoms with Crippen LogP contribution in [0.3, 0.4) is 0 Å². The van der Waals surface area contributed by atoms with Gasteiger partial charge in [0, 0.05) is 11.3 Å². The predicted octanol–water partition coefficient (Wildman–Crippen LogP) is 4.77. The number of nitrogens with one attached hydrogen (secondary N) is 1. The minimum absolute atomic E-state index is 0.253. The van der Waals surface area contributed by atoms with Crippen LogP contribution in [0.1, 0.15) is 26.3 Å². The van der Waals surface area contributed by atoms with E-state index in [2.05, 4.69) is 4.72 Å². The maximum Gasteiger partial charge on any atom is 0.250 e. The number of rotatable bonds is 5. The Kier molecular flexibility index (Phi) is 5.61. The fourth-order valence-electron chi connectivity index (χ4n) is 1.74. The SMILES string of the molecule is CC(C)(C)NS(=O)(=O)c1cc(Cl)c(SCc2ccccc2)s1. The molecule has 1 N–H and O–H groups in total. The Bertz CT molecular complexity index is 734. The van der Waals surface area contributed by atoms with Gasteiger partial charge in [-0.25, -0.2) is 13.1 Å². The molecule has 7 heteroatoms. The third-order valence-electron chi connectivity index (χ3n) is 2.55. The van der Waals surface area contributed by atoms with Crippen molar-refractivity contribution in [1.82, 2.24) is 4.72 Å². The summed E-state index contributed by atoms with van der Waals surface area (Å²) < 4.78 is 28.4. The lowest BCUT2D eigenvalue weighted by molar-refractivity contribution is 0.492. The fourth-order valence-corrected chi connectivity index (χ4v) is 6.29. The molecular weight excluding hydrogens is 358 g/mol. The van der Waals surface area contributed by atoms with Crippen molar-refractivity contribution >= 4 is 44.7 Å². The van der Waals surface area contributed by atoms with Gasteiger partial charge in [0.15, 0.2) is 0 Å². The Morgan fingerprint density at radius 3 is 2.45 bits per heavy atom. The van der Waals surface area contributed by atoms with Crippen molar-refractivity contribution in [2.45, 2.75) is 40.5 Å². The van der Waals surface area contributed by atoms with E-state index in [-0.39, 0.29) is 4.21 Å². The van der Waals surface area contributed by atoms with Gasteiger partial charge in [-0.1, -0.05) is 41.9 Å². The minimum atomic E-state index is -3.53. The quantitative estimate of drug-likeness (QED) is 0.765. The fraction of sp³-hybridized carbons (Fsp3) is 0.333. The topological polar surface area (TPSA) is 46.2 Å². The standard InChI is InChI=1S/C15H18ClNO2S3/c1-15(2,3)17-22(18,19)13-9-12(16)14(21-13)20-10-11-7-5-4-6-8-11/h4-9,17H,10H2,1-3H3. The van der Waals surface area contributed by atoms with E-state index < -0.39 is 15.6 Å². The van der Waals surface area contributed by atoms with Crippen LogP contribution in [-0.2, 0) is 15.8 Å². The molecule has 0 fully saturated rings. The molecule has 0 aliphatic heterocycles. The van der Waals surface area contributed by atoms with Gasteiger partial charge >= 0.3 is 0 Å². The van der Waals surface area contributed by atoms with Gasteiger partial charge in [-0.15, -0.1) is 23.1 Å². The van der Waals surface area contributed by atoms with Crippen LogP contribution in [0, 0.1) is 0 Å². The molecule has 0 spiro atoms. The highest BCUT2D eigenvalue weighted by atomic mass is 35.5. The predicted molar refractivity (Wildman–Crippen MR) is 95.4 cm³/mol. The molecule has 120 valence electrons. The summed E-state index contributed by atoms with van der Waals surface area (Å²) in [6, 6.07) is 11.5. The van der Waals surface area contributed by atoms with Crippen LogP contribution in [0.5, 0.6) is 0 Å². The number of benzene rings is 1. The second kappa shape index (κ2) is 6.93. The molecule has 0 radical (unpaired) electrons. The van der Waals surface area contributed by atoms with Gasteiger partial charge in [-0.3, -0.25) is 0 Å². The normalized spacial score (nSPS) is 12.5. The molecule has 22 heavy (non-hydrogen) atoms. The molecule has 0 amide bonds. The summed E-state index contributed by atoms with van der Waals surface area (Å²) >= 11 is 8.94. The number of hydrogen-bond donors (Lipinski definition) is 1. The van der Waals surface area contributed by atoms with Gasteiger partial charge < -0.3 is 0 Å². The summed E-state index contributed by atoms with van der Waals surface area (Å²) in [5.41, 5.74) is 0.654. The Hall–Kier alpha value is -0.530. The lowest BCUT2D eigenvalue weighted by Crippen LogP contribution is -2.40. The van der Waals surface area contributed by atoms with Gasteiger partial charge in [-0.2, -0.15) is 0 Å². The van der Waals surface area contributed by atoms with Crippen molar-refractivity contribution < 1.29 is 8.42 Å². The van der Waals surface area contributed by atoms with Gasteiger partial charge in [0.25, 0.3) is 10.0 Å². The van der Waals surface area contributed by atoms with Crippen molar-refractivity contribution in [1.29, 1.82) is 0 Å². The largest absolute Gasteiger partial charge is 0.250 e. The van der Waals surface area contributed by atoms with Crippen LogP contribution in [0.2, 0.25) is 5.02 Å². The minimum Gasteiger partial charge on any atom is -0.206 e. The zero-order chi connectivity index (χ0) is 16.4. The average molecular weight is 376 g/mol. The lowest BCUT2D eigenvalue weighted by atomic mass is 10.1. The molecule has 0 bridgehead atoms. The summed E-state index contributed by atoms with van der Waals surface area (Å²) in [4.78, 5) is 0. The molecule has 0 aliphatic rings. The van der Waals surface area contributed by atoms with E-state index in [1.807, 2.05) is 51.1 Å². The summed E-state index contributed by atoms with van der Waals surface area (Å²) in [6.45, 7) is 5.43. The Morgan fingerprint density at radius 2 is 1.86 bits per heavy atom. The van der Waals surface area contributed by atoms with Crippen LogP contribution in [0.4, 0.5) is 0 Å². The van der Waals surface area contributed by atoms with Crippen LogP contribution in [0.15, 0.2) is 44.8 Å². The van der Waals surface area contributed by atoms with E-state index in [9.17, 15) is 8.42 Å². The van der Waals surface area contributed by atoms with Gasteiger partial charge in [-0.05, 0) is 32.4 Å². The second-order valence-electron chi connectivity index (χ2n) is 5.83. The third-order valence-corrected chi connectivity index (χ3v) is 7.80. The van der Waals surface area contributed by atoms with Crippen molar-refractivity contribution in [2.24, 2.45) is 0 Å². The first kappa shape index (κ1) is 17.8. The summed E-state index contributed by atoms with van der Waals surface area (Å²) in [7, 11) is -3.53. The molecule has 0 saturated carbocycles. The maximum absolute atomic E-state index is 12.3. The first-order valence-electron chi connectivity index (χ1n) is 6.67. The number of hydrogen-bond acceptors (Lipinski definition) is 4. The number of thioether (sulfide) groups is 1. The van der Waals surface area contributed by atoms with Crippen molar-refractivity contribution in [3.8, 4) is 0 Å². The molecule has 1 heterocycles. The van der Waals surface area contributed by atoms with E-state index in [1.54, 1.807) is 11.8 Å². The second-order valence-corrected chi connectivity index (χ2v) is 10.4. The van der Waals surface area contributed by atoms with E-state index in [1.165, 1.54) is 23.0 Å². The van der Waals surface area contributed by atoms with Crippen molar-refractivity contribution in [3.05, 3.63) is 47.0 Å². The number of halogens is 1. The zero-order valence-corrected chi connectivity index (χ0v) is 15.8. The highest BCUT2D eigenvalue weighted by molar-refractivity contribution is 8.01. The van der Waals surface area contributed by atoms with E-state index in [0.717, 1.165) is 9.96 Å². The van der Waals surface area contributed by atoms with Gasteiger partial charge in [0.2, 0.25) is 0 Å². The highest BCUT2D eigenvalue weighted by Gasteiger charge is 2.25. The molecule has 1 aromatic carbocycles. The Labute approximate surface area is 145 Å². The van der Waals surface area contributed by atoms with Crippen LogP contribution < -0.4 is 4.72 Å². The molecular formula is C15H18ClNO2S3. The van der Waals surface area contributed by atoms with Crippen LogP contribution >= 0.6 is 34.7 Å². The number of thiophene rings is 1. The summed E-state index contributed by atoms with van der Waals surface area (Å²) in [5.74, 6) is 0.757. The van der Waals surface area contributed by atoms with Crippen molar-refractivity contribution in [3.63, 3.8) is 0 Å². The first-order chi connectivity index (χ1) is 10.2. The first-order valence-corrected chi connectivity index (χ1v) is 10.3. The molecule has 3 nitrogen and oxygen atoms in total. The monoisotopic (exact) mass is 375 g/mol. The molecule has 0 saturated heterocycles.